The Morgan fingerprint density at radius 1 is 1.24 bits per heavy atom. The molecule has 3 heterocycles. The van der Waals surface area contributed by atoms with Crippen LogP contribution in [0.3, 0.4) is 0 Å². The van der Waals surface area contributed by atoms with Crippen molar-refractivity contribution in [3.05, 3.63) is 64.1 Å². The standard InChI is InChI=1S/C21H18FN5O5S2.C2HF3O2/c1-32-26-14(13-9-34-21(23)24-13)17(28)25-15-18(29)27-16(20(30)31)11(8-33-19(15)27)7-6-10-4-2-3-5-12(10)22;3-2(4,5)1(6)7/h2-7,9,15,19H,8H2,1H3,(H2,23,24)(H,25,28)(H,30,31);(H,6,7)/t15?,19-;/m0./s1. The number of carbonyl (C=O) groups is 4. The Morgan fingerprint density at radius 3 is 2.44 bits per heavy atom. The van der Waals surface area contributed by atoms with Crippen LogP contribution < -0.4 is 11.1 Å². The summed E-state index contributed by atoms with van der Waals surface area (Å²) in [5, 5.41) is 24.3. The lowest BCUT2D eigenvalue weighted by molar-refractivity contribution is -0.192. The van der Waals surface area contributed by atoms with Crippen molar-refractivity contribution in [1.82, 2.24) is 15.2 Å². The van der Waals surface area contributed by atoms with E-state index in [2.05, 4.69) is 15.5 Å². The first kappa shape index (κ1) is 31.1. The minimum absolute atomic E-state index is 0.162. The molecule has 2 amide bonds. The lowest BCUT2D eigenvalue weighted by Crippen LogP contribution is -2.71. The number of nitrogen functional groups attached to an aromatic ring is 1. The van der Waals surface area contributed by atoms with Gasteiger partial charge in [-0.3, -0.25) is 14.5 Å². The number of carboxylic acids is 2. The summed E-state index contributed by atoms with van der Waals surface area (Å²) in [6, 6.07) is 5.09. The molecule has 12 nitrogen and oxygen atoms in total. The number of nitrogens with zero attached hydrogens (tertiary/aromatic N) is 3. The Labute approximate surface area is 236 Å². The number of allylic oxidation sites excluding steroid dienone is 1. The number of halogens is 4. The number of alkyl halides is 3. The van der Waals surface area contributed by atoms with Crippen LogP contribution in [0.5, 0.6) is 0 Å². The fourth-order valence-electron chi connectivity index (χ4n) is 3.47. The first-order valence-corrected chi connectivity index (χ1v) is 13.0. The monoisotopic (exact) mass is 617 g/mol. The number of rotatable bonds is 7. The molecule has 41 heavy (non-hydrogen) atoms. The third-order valence-corrected chi connectivity index (χ3v) is 7.24. The molecular weight excluding hydrogens is 598 g/mol. The maximum absolute atomic E-state index is 13.9. The number of oxime groups is 1. The first-order chi connectivity index (χ1) is 19.3. The van der Waals surface area contributed by atoms with E-state index in [1.54, 1.807) is 18.2 Å². The Hall–Kier alpha value is -4.45. The van der Waals surface area contributed by atoms with E-state index in [9.17, 15) is 37.1 Å². The second kappa shape index (κ2) is 12.8. The Morgan fingerprint density at radius 2 is 1.90 bits per heavy atom. The Kier molecular flexibility index (Phi) is 9.71. The predicted octanol–water partition coefficient (Wildman–Crippen LogP) is 2.30. The highest BCUT2D eigenvalue weighted by Gasteiger charge is 2.54. The number of aliphatic carboxylic acids is 2. The van der Waals surface area contributed by atoms with Gasteiger partial charge in [0, 0.05) is 16.7 Å². The van der Waals surface area contributed by atoms with Crippen molar-refractivity contribution in [2.45, 2.75) is 17.6 Å². The highest BCUT2D eigenvalue weighted by atomic mass is 32.2. The van der Waals surface area contributed by atoms with Gasteiger partial charge in [-0.15, -0.1) is 23.1 Å². The van der Waals surface area contributed by atoms with Gasteiger partial charge >= 0.3 is 18.1 Å². The summed E-state index contributed by atoms with van der Waals surface area (Å²) >= 11 is 2.39. The van der Waals surface area contributed by atoms with Crippen molar-refractivity contribution in [3.63, 3.8) is 0 Å². The number of thiazole rings is 1. The number of fused-ring (bicyclic) bond motifs is 1. The highest BCUT2D eigenvalue weighted by Crippen LogP contribution is 2.41. The molecule has 0 spiro atoms. The van der Waals surface area contributed by atoms with Crippen LogP contribution in [0.25, 0.3) is 6.08 Å². The van der Waals surface area contributed by atoms with Crippen LogP contribution in [0, 0.1) is 5.82 Å². The van der Waals surface area contributed by atoms with E-state index in [0.717, 1.165) is 16.2 Å². The fraction of sp³-hybridized carbons (Fsp3) is 0.217. The number of benzene rings is 1. The molecule has 2 aliphatic rings. The normalized spacial score (nSPS) is 18.7. The fourth-order valence-corrected chi connectivity index (χ4v) is 5.34. The number of anilines is 1. The van der Waals surface area contributed by atoms with E-state index in [-0.39, 0.29) is 28.0 Å². The minimum atomic E-state index is -5.08. The van der Waals surface area contributed by atoms with Gasteiger partial charge in [0.1, 0.15) is 35.7 Å². The van der Waals surface area contributed by atoms with Crippen molar-refractivity contribution in [3.8, 4) is 0 Å². The third kappa shape index (κ3) is 7.20. The number of nitrogens with one attached hydrogen (secondary N) is 1. The van der Waals surface area contributed by atoms with E-state index in [1.165, 1.54) is 42.5 Å². The molecular formula is C23H19F4N5O7S2. The molecule has 5 N–H and O–H groups in total. The van der Waals surface area contributed by atoms with E-state index >= 15 is 0 Å². The van der Waals surface area contributed by atoms with Crippen molar-refractivity contribution in [1.29, 1.82) is 0 Å². The number of β-lactam (4-membered cyclic amide) rings is 1. The van der Waals surface area contributed by atoms with E-state index in [4.69, 9.17) is 20.5 Å². The number of hydrogen-bond donors (Lipinski definition) is 4. The zero-order chi connectivity index (χ0) is 30.5. The van der Waals surface area contributed by atoms with E-state index in [0.29, 0.717) is 11.1 Å². The molecule has 1 saturated heterocycles. The highest BCUT2D eigenvalue weighted by molar-refractivity contribution is 8.00. The molecule has 0 saturated carbocycles. The molecule has 218 valence electrons. The molecule has 18 heteroatoms. The maximum Gasteiger partial charge on any atom is 0.490 e. The zero-order valence-electron chi connectivity index (χ0n) is 20.6. The van der Waals surface area contributed by atoms with E-state index in [1.807, 2.05) is 0 Å². The predicted molar refractivity (Wildman–Crippen MR) is 139 cm³/mol. The van der Waals surface area contributed by atoms with Gasteiger partial charge in [-0.05, 0) is 11.6 Å². The summed E-state index contributed by atoms with van der Waals surface area (Å²) in [5.41, 5.74) is 6.09. The number of carbonyl (C=O) groups excluding carboxylic acids is 2. The van der Waals surface area contributed by atoms with Crippen LogP contribution in [0.15, 0.2) is 52.1 Å². The molecule has 0 bridgehead atoms. The van der Waals surface area contributed by atoms with Crippen LogP contribution in [-0.4, -0.2) is 80.0 Å². The summed E-state index contributed by atoms with van der Waals surface area (Å²) in [4.78, 5) is 56.4. The molecule has 4 rings (SSSR count). The molecule has 0 aliphatic carbocycles. The van der Waals surface area contributed by atoms with Gasteiger partial charge in [0.25, 0.3) is 11.8 Å². The smallest absolute Gasteiger partial charge is 0.477 e. The largest absolute Gasteiger partial charge is 0.490 e. The molecule has 2 aliphatic heterocycles. The molecule has 2 atom stereocenters. The molecule has 0 radical (unpaired) electrons. The van der Waals surface area contributed by atoms with Crippen molar-refractivity contribution in [2.75, 3.05) is 18.6 Å². The van der Waals surface area contributed by atoms with Crippen molar-refractivity contribution in [2.24, 2.45) is 5.16 Å². The quantitative estimate of drug-likeness (QED) is 0.156. The third-order valence-electron chi connectivity index (χ3n) is 5.26. The van der Waals surface area contributed by atoms with Gasteiger partial charge < -0.3 is 26.1 Å². The number of hydrogen-bond acceptors (Lipinski definition) is 10. The van der Waals surface area contributed by atoms with Gasteiger partial charge in [-0.2, -0.15) is 13.2 Å². The van der Waals surface area contributed by atoms with Crippen LogP contribution in [-0.2, 0) is 24.0 Å². The number of thioether (sulfide) groups is 1. The molecule has 1 aromatic carbocycles. The topological polar surface area (TPSA) is 185 Å². The van der Waals surface area contributed by atoms with Crippen molar-refractivity contribution >= 4 is 63.8 Å². The molecule has 1 fully saturated rings. The summed E-state index contributed by atoms with van der Waals surface area (Å²) in [6.45, 7) is 0. The van der Waals surface area contributed by atoms with Crippen LogP contribution in [0.1, 0.15) is 11.3 Å². The number of carboxylic acid groups (broad SMARTS) is 2. The second-order valence-corrected chi connectivity index (χ2v) is 9.89. The number of nitrogens with two attached hydrogens (primary N) is 1. The maximum atomic E-state index is 13.9. The number of amides is 2. The second-order valence-electron chi connectivity index (χ2n) is 7.89. The van der Waals surface area contributed by atoms with Crippen molar-refractivity contribution < 1.29 is 51.8 Å². The van der Waals surface area contributed by atoms with Gasteiger partial charge in [0.2, 0.25) is 0 Å². The minimum Gasteiger partial charge on any atom is -0.477 e. The summed E-state index contributed by atoms with van der Waals surface area (Å²) in [6.07, 6.45) is -2.13. The summed E-state index contributed by atoms with van der Waals surface area (Å²) < 4.78 is 45.6. The molecule has 2 aromatic rings. The van der Waals surface area contributed by atoms with Crippen LogP contribution in [0.4, 0.5) is 22.7 Å². The average Bonchev–Trinajstić information content (AvgIpc) is 3.34. The molecule has 1 unspecified atom stereocenters. The first-order valence-electron chi connectivity index (χ1n) is 11.0. The van der Waals surface area contributed by atoms with Gasteiger partial charge in [-0.1, -0.05) is 35.5 Å². The zero-order valence-corrected chi connectivity index (χ0v) is 22.2. The molecule has 1 aromatic heterocycles. The SMILES string of the molecule is CON=C(C(=O)NC1C(=O)N2C(C(=O)O)=C(C=Cc3ccccc3F)CS[C@@H]12)c1csc(N)n1.O=C(O)C(F)(F)F. The van der Waals surface area contributed by atoms with Crippen LogP contribution in [0.2, 0.25) is 0 Å². The van der Waals surface area contributed by atoms with Gasteiger partial charge in [0.15, 0.2) is 10.8 Å². The van der Waals surface area contributed by atoms with Crippen LogP contribution >= 0.6 is 23.1 Å². The summed E-state index contributed by atoms with van der Waals surface area (Å²) in [7, 11) is 1.26. The Balaban J connectivity index is 0.000000587. The average molecular weight is 618 g/mol. The van der Waals surface area contributed by atoms with Gasteiger partial charge in [-0.25, -0.2) is 19.0 Å². The van der Waals surface area contributed by atoms with Gasteiger partial charge in [0.05, 0.1) is 0 Å². The lowest BCUT2D eigenvalue weighted by atomic mass is 10.0. The van der Waals surface area contributed by atoms with E-state index < -0.39 is 47.2 Å². The Bertz CT molecular complexity index is 1460. The lowest BCUT2D eigenvalue weighted by Gasteiger charge is -2.49. The summed E-state index contributed by atoms with van der Waals surface area (Å²) in [5.74, 6) is -5.56. The number of aromatic nitrogens is 1.